The van der Waals surface area contributed by atoms with Crippen molar-refractivity contribution in [1.29, 1.82) is 0 Å². The van der Waals surface area contributed by atoms with Gasteiger partial charge in [-0.15, -0.1) is 0 Å². The van der Waals surface area contributed by atoms with E-state index in [1.165, 1.54) is 5.56 Å². The molecular weight excluding hydrogens is 216 g/mol. The Labute approximate surface area is 100 Å². The molecule has 0 amide bonds. The Balaban J connectivity index is 2.10. The second-order valence-corrected chi connectivity index (χ2v) is 3.85. The molecule has 0 aromatic carbocycles. The molecule has 5 nitrogen and oxygen atoms in total. The van der Waals surface area contributed by atoms with Crippen molar-refractivity contribution in [2.45, 2.75) is 20.4 Å². The van der Waals surface area contributed by atoms with Gasteiger partial charge in [-0.1, -0.05) is 0 Å². The average Bonchev–Trinajstić information content (AvgIpc) is 2.68. The number of H-pyrrole nitrogens is 1. The van der Waals surface area contributed by atoms with E-state index in [4.69, 9.17) is 4.74 Å². The second kappa shape index (κ2) is 4.86. The summed E-state index contributed by atoms with van der Waals surface area (Å²) in [7, 11) is 1.64. The van der Waals surface area contributed by atoms with Crippen LogP contribution in [-0.2, 0) is 6.54 Å². The van der Waals surface area contributed by atoms with Crippen molar-refractivity contribution in [2.75, 3.05) is 12.4 Å². The number of aromatic amines is 1. The zero-order chi connectivity index (χ0) is 12.3. The van der Waals surface area contributed by atoms with Crippen molar-refractivity contribution >= 4 is 5.69 Å². The van der Waals surface area contributed by atoms with Crippen LogP contribution in [0.2, 0.25) is 0 Å². The van der Waals surface area contributed by atoms with Gasteiger partial charge in [0.05, 0.1) is 31.2 Å². The van der Waals surface area contributed by atoms with Gasteiger partial charge in [0.2, 0.25) is 0 Å². The fourth-order valence-electron chi connectivity index (χ4n) is 1.58. The summed E-state index contributed by atoms with van der Waals surface area (Å²) < 4.78 is 5.24. The molecule has 0 spiro atoms. The van der Waals surface area contributed by atoms with E-state index in [-0.39, 0.29) is 0 Å². The first-order valence-corrected chi connectivity index (χ1v) is 5.44. The summed E-state index contributed by atoms with van der Waals surface area (Å²) in [6.45, 7) is 4.71. The summed E-state index contributed by atoms with van der Waals surface area (Å²) in [6, 6.07) is 1.82. The standard InChI is InChI=1S/C12H16N4O/c1-8-9(2)15-16-10(8)7-14-11-6-13-5-4-12(11)17-3/h4-6,14H,7H2,1-3H3,(H,15,16). The third-order valence-corrected chi connectivity index (χ3v) is 2.80. The number of ether oxygens (including phenoxy) is 1. The molecule has 0 aliphatic heterocycles. The number of methoxy groups -OCH3 is 1. The minimum Gasteiger partial charge on any atom is -0.494 e. The van der Waals surface area contributed by atoms with Gasteiger partial charge in [0.15, 0.2) is 0 Å². The van der Waals surface area contributed by atoms with E-state index >= 15 is 0 Å². The maximum atomic E-state index is 5.24. The molecule has 2 aromatic heterocycles. The molecule has 0 bridgehead atoms. The predicted octanol–water partition coefficient (Wildman–Crippen LogP) is 2.04. The fraction of sp³-hybridized carbons (Fsp3) is 0.333. The van der Waals surface area contributed by atoms with E-state index in [1.807, 2.05) is 13.0 Å². The van der Waals surface area contributed by atoms with E-state index in [0.717, 1.165) is 22.8 Å². The van der Waals surface area contributed by atoms with E-state index < -0.39 is 0 Å². The lowest BCUT2D eigenvalue weighted by molar-refractivity contribution is 0.416. The average molecular weight is 232 g/mol. The number of nitrogens with one attached hydrogen (secondary N) is 2. The number of rotatable bonds is 4. The van der Waals surface area contributed by atoms with Gasteiger partial charge < -0.3 is 10.1 Å². The van der Waals surface area contributed by atoms with Gasteiger partial charge in [-0.25, -0.2) is 0 Å². The van der Waals surface area contributed by atoms with Gasteiger partial charge in [-0.2, -0.15) is 5.10 Å². The topological polar surface area (TPSA) is 62.8 Å². The normalized spacial score (nSPS) is 10.3. The Bertz CT molecular complexity index is 507. The number of hydrogen-bond acceptors (Lipinski definition) is 4. The minimum atomic E-state index is 0.651. The maximum Gasteiger partial charge on any atom is 0.145 e. The van der Waals surface area contributed by atoms with E-state index in [2.05, 4.69) is 27.4 Å². The summed E-state index contributed by atoms with van der Waals surface area (Å²) >= 11 is 0. The number of pyridine rings is 1. The summed E-state index contributed by atoms with van der Waals surface area (Å²) in [6.07, 6.45) is 3.45. The minimum absolute atomic E-state index is 0.651. The Kier molecular flexibility index (Phi) is 3.27. The first-order chi connectivity index (χ1) is 8.22. The van der Waals surface area contributed by atoms with Gasteiger partial charge in [0.25, 0.3) is 0 Å². The molecule has 2 N–H and O–H groups in total. The highest BCUT2D eigenvalue weighted by Crippen LogP contribution is 2.22. The number of anilines is 1. The Morgan fingerprint density at radius 2 is 2.24 bits per heavy atom. The largest absolute Gasteiger partial charge is 0.494 e. The molecule has 2 heterocycles. The van der Waals surface area contributed by atoms with Crippen LogP contribution in [0.1, 0.15) is 17.0 Å². The van der Waals surface area contributed by atoms with E-state index in [0.29, 0.717) is 6.54 Å². The van der Waals surface area contributed by atoms with Crippen LogP contribution >= 0.6 is 0 Å². The van der Waals surface area contributed by atoms with Crippen LogP contribution in [0.4, 0.5) is 5.69 Å². The van der Waals surface area contributed by atoms with Crippen molar-refractivity contribution in [2.24, 2.45) is 0 Å². The molecular formula is C12H16N4O. The number of nitrogens with zero attached hydrogens (tertiary/aromatic N) is 2. The molecule has 0 saturated heterocycles. The lowest BCUT2D eigenvalue weighted by Crippen LogP contribution is -2.03. The lowest BCUT2D eigenvalue weighted by Gasteiger charge is -2.09. The Hall–Kier alpha value is -2.04. The number of aromatic nitrogens is 3. The van der Waals surface area contributed by atoms with Crippen molar-refractivity contribution < 1.29 is 4.74 Å². The van der Waals surface area contributed by atoms with Crippen LogP contribution in [0.5, 0.6) is 5.75 Å². The van der Waals surface area contributed by atoms with Gasteiger partial charge in [-0.05, 0) is 19.4 Å². The van der Waals surface area contributed by atoms with Crippen LogP contribution in [0, 0.1) is 13.8 Å². The highest BCUT2D eigenvalue weighted by atomic mass is 16.5. The van der Waals surface area contributed by atoms with Crippen LogP contribution < -0.4 is 10.1 Å². The quantitative estimate of drug-likeness (QED) is 0.846. The molecule has 0 aliphatic rings. The molecule has 5 heteroatoms. The van der Waals surface area contributed by atoms with E-state index in [1.54, 1.807) is 19.5 Å². The molecule has 0 saturated carbocycles. The first-order valence-electron chi connectivity index (χ1n) is 5.44. The third kappa shape index (κ3) is 2.38. The highest BCUT2D eigenvalue weighted by molar-refractivity contribution is 5.54. The third-order valence-electron chi connectivity index (χ3n) is 2.80. The van der Waals surface area contributed by atoms with Crippen LogP contribution in [0.3, 0.4) is 0 Å². The summed E-state index contributed by atoms with van der Waals surface area (Å²) in [5, 5.41) is 10.5. The molecule has 0 fully saturated rings. The molecule has 0 radical (unpaired) electrons. The van der Waals surface area contributed by atoms with Crippen LogP contribution in [-0.4, -0.2) is 22.3 Å². The van der Waals surface area contributed by atoms with Gasteiger partial charge in [0, 0.05) is 18.0 Å². The zero-order valence-corrected chi connectivity index (χ0v) is 10.2. The molecule has 0 unspecified atom stereocenters. The number of hydrogen-bond donors (Lipinski definition) is 2. The van der Waals surface area contributed by atoms with Crippen molar-refractivity contribution in [3.63, 3.8) is 0 Å². The number of aryl methyl sites for hydroxylation is 1. The predicted molar refractivity (Wildman–Crippen MR) is 66.2 cm³/mol. The lowest BCUT2D eigenvalue weighted by atomic mass is 10.2. The molecule has 90 valence electrons. The van der Waals surface area contributed by atoms with E-state index in [9.17, 15) is 0 Å². The van der Waals surface area contributed by atoms with Gasteiger partial charge in [0.1, 0.15) is 5.75 Å². The van der Waals surface area contributed by atoms with Crippen molar-refractivity contribution in [3.8, 4) is 5.75 Å². The monoisotopic (exact) mass is 232 g/mol. The van der Waals surface area contributed by atoms with Crippen molar-refractivity contribution in [3.05, 3.63) is 35.4 Å². The van der Waals surface area contributed by atoms with Crippen LogP contribution in [0.15, 0.2) is 18.5 Å². The molecule has 0 aliphatic carbocycles. The molecule has 2 rings (SSSR count). The van der Waals surface area contributed by atoms with Crippen molar-refractivity contribution in [1.82, 2.24) is 15.2 Å². The smallest absolute Gasteiger partial charge is 0.145 e. The first kappa shape index (κ1) is 11.4. The SMILES string of the molecule is COc1ccncc1NCc1n[nH]c(C)c1C. The second-order valence-electron chi connectivity index (χ2n) is 3.85. The summed E-state index contributed by atoms with van der Waals surface area (Å²) in [5.41, 5.74) is 4.16. The summed E-state index contributed by atoms with van der Waals surface area (Å²) in [5.74, 6) is 0.782. The molecule has 0 atom stereocenters. The summed E-state index contributed by atoms with van der Waals surface area (Å²) in [4.78, 5) is 4.06. The Morgan fingerprint density at radius 1 is 1.41 bits per heavy atom. The van der Waals surface area contributed by atoms with Gasteiger partial charge >= 0.3 is 0 Å². The Morgan fingerprint density at radius 3 is 2.88 bits per heavy atom. The maximum absolute atomic E-state index is 5.24. The van der Waals surface area contributed by atoms with Gasteiger partial charge in [-0.3, -0.25) is 10.1 Å². The highest BCUT2D eigenvalue weighted by Gasteiger charge is 2.07. The fourth-order valence-corrected chi connectivity index (χ4v) is 1.58. The molecule has 17 heavy (non-hydrogen) atoms. The van der Waals surface area contributed by atoms with Crippen LogP contribution in [0.25, 0.3) is 0 Å². The molecule has 2 aromatic rings. The zero-order valence-electron chi connectivity index (χ0n) is 10.2.